The molecule has 0 aliphatic rings. The van der Waals surface area contributed by atoms with Gasteiger partial charge < -0.3 is 9.64 Å². The molecular formula is C26H30ClN3O4S2. The van der Waals surface area contributed by atoms with Crippen LogP contribution in [-0.2, 0) is 9.84 Å². The zero-order valence-corrected chi connectivity index (χ0v) is 23.2. The molecule has 10 heteroatoms. The van der Waals surface area contributed by atoms with Crippen LogP contribution in [-0.4, -0.2) is 63.8 Å². The summed E-state index contributed by atoms with van der Waals surface area (Å²) >= 11 is 1.31. The Balaban J connectivity index is 0.00000361. The minimum absolute atomic E-state index is 0. The van der Waals surface area contributed by atoms with E-state index >= 15 is 0 Å². The van der Waals surface area contributed by atoms with Gasteiger partial charge >= 0.3 is 0 Å². The zero-order valence-electron chi connectivity index (χ0n) is 20.7. The summed E-state index contributed by atoms with van der Waals surface area (Å²) in [4.78, 5) is 22.8. The lowest BCUT2D eigenvalue weighted by Crippen LogP contribution is -2.39. The number of aromatic nitrogens is 1. The van der Waals surface area contributed by atoms with Crippen molar-refractivity contribution in [3.63, 3.8) is 0 Å². The predicted octanol–water partition coefficient (Wildman–Crippen LogP) is 5.27. The van der Waals surface area contributed by atoms with E-state index in [1.807, 2.05) is 36.4 Å². The normalized spacial score (nSPS) is 11.6. The number of fused-ring (bicyclic) bond motifs is 2. The monoisotopic (exact) mass is 547 g/mol. The topological polar surface area (TPSA) is 79.8 Å². The van der Waals surface area contributed by atoms with Crippen molar-refractivity contribution in [2.75, 3.05) is 44.4 Å². The number of benzene rings is 3. The number of hydrogen-bond acceptors (Lipinski definition) is 7. The molecule has 0 saturated carbocycles. The van der Waals surface area contributed by atoms with E-state index in [4.69, 9.17) is 9.72 Å². The van der Waals surface area contributed by atoms with Crippen molar-refractivity contribution in [3.8, 4) is 5.75 Å². The van der Waals surface area contributed by atoms with Crippen molar-refractivity contribution in [2.45, 2.75) is 18.7 Å². The summed E-state index contributed by atoms with van der Waals surface area (Å²) in [6.07, 6.45) is 1.18. The van der Waals surface area contributed by atoms with Crippen LogP contribution in [0.2, 0.25) is 0 Å². The van der Waals surface area contributed by atoms with Gasteiger partial charge in [0.05, 0.1) is 27.8 Å². The zero-order chi connectivity index (χ0) is 25.2. The Labute approximate surface area is 222 Å². The third kappa shape index (κ3) is 5.81. The number of likely N-dealkylation sites (N-methyl/N-ethyl adjacent to an activating group) is 1. The molecule has 0 atom stereocenters. The van der Waals surface area contributed by atoms with E-state index in [2.05, 4.69) is 18.7 Å². The molecule has 36 heavy (non-hydrogen) atoms. The van der Waals surface area contributed by atoms with Gasteiger partial charge in [0.1, 0.15) is 5.75 Å². The highest BCUT2D eigenvalue weighted by molar-refractivity contribution is 7.90. The van der Waals surface area contributed by atoms with E-state index in [1.54, 1.807) is 30.2 Å². The van der Waals surface area contributed by atoms with Gasteiger partial charge in [-0.2, -0.15) is 0 Å². The highest BCUT2D eigenvalue weighted by Crippen LogP contribution is 2.33. The maximum absolute atomic E-state index is 14.0. The first-order valence-corrected chi connectivity index (χ1v) is 14.2. The fraction of sp³-hybridized carbons (Fsp3) is 0.308. The molecule has 1 heterocycles. The van der Waals surface area contributed by atoms with Gasteiger partial charge in [0.15, 0.2) is 15.0 Å². The second-order valence-corrected chi connectivity index (χ2v) is 11.3. The van der Waals surface area contributed by atoms with Gasteiger partial charge in [-0.15, -0.1) is 12.4 Å². The van der Waals surface area contributed by atoms with Crippen molar-refractivity contribution in [1.29, 1.82) is 0 Å². The quantitative estimate of drug-likeness (QED) is 0.284. The Morgan fingerprint density at radius 1 is 1.00 bits per heavy atom. The average molecular weight is 548 g/mol. The Hall–Kier alpha value is -2.72. The summed E-state index contributed by atoms with van der Waals surface area (Å²) in [5.74, 6) is 0.296. The third-order valence-corrected chi connectivity index (χ3v) is 8.24. The molecule has 3 aromatic carbocycles. The van der Waals surface area contributed by atoms with Gasteiger partial charge in [0.25, 0.3) is 5.91 Å². The van der Waals surface area contributed by atoms with Gasteiger partial charge in [0, 0.05) is 19.3 Å². The molecule has 0 aliphatic heterocycles. The van der Waals surface area contributed by atoms with Gasteiger partial charge in [-0.1, -0.05) is 49.4 Å². The molecule has 0 fully saturated rings. The summed E-state index contributed by atoms with van der Waals surface area (Å²) in [6, 6.07) is 16.4. The molecule has 0 spiro atoms. The standard InChI is InChI=1S/C26H29N3O4S2.ClH/c1-5-28(6-2)13-14-29(26-27-22-12-11-20(35(4,31)32)17-24(22)34-26)25(30)21-15-18-9-7-8-10-19(18)16-23(21)33-3;/h7-12,15-17H,5-6,13-14H2,1-4H3;1H. The lowest BCUT2D eigenvalue weighted by atomic mass is 10.0. The fourth-order valence-electron chi connectivity index (χ4n) is 4.01. The first-order valence-electron chi connectivity index (χ1n) is 11.5. The number of carbonyl (C=O) groups is 1. The number of hydrogen-bond donors (Lipinski definition) is 0. The Kier molecular flexibility index (Phi) is 8.94. The van der Waals surface area contributed by atoms with Crippen LogP contribution in [0.5, 0.6) is 5.75 Å². The van der Waals surface area contributed by atoms with Crippen molar-refractivity contribution in [1.82, 2.24) is 9.88 Å². The van der Waals surface area contributed by atoms with Crippen LogP contribution in [0.3, 0.4) is 0 Å². The molecule has 4 aromatic rings. The summed E-state index contributed by atoms with van der Waals surface area (Å²) in [5, 5.41) is 2.46. The van der Waals surface area contributed by atoms with Crippen LogP contribution in [0.1, 0.15) is 24.2 Å². The SMILES string of the molecule is CCN(CC)CCN(C(=O)c1cc2ccccc2cc1OC)c1nc2ccc(S(C)(=O)=O)cc2s1.Cl. The lowest BCUT2D eigenvalue weighted by molar-refractivity contribution is 0.0981. The number of amides is 1. The molecule has 0 aliphatic carbocycles. The Bertz CT molecular complexity index is 1480. The predicted molar refractivity (Wildman–Crippen MR) is 150 cm³/mol. The molecule has 0 radical (unpaired) electrons. The Morgan fingerprint density at radius 3 is 2.28 bits per heavy atom. The highest BCUT2D eigenvalue weighted by Gasteiger charge is 2.25. The minimum Gasteiger partial charge on any atom is -0.496 e. The molecule has 1 aromatic heterocycles. The second-order valence-electron chi connectivity index (χ2n) is 8.28. The minimum atomic E-state index is -3.35. The first-order chi connectivity index (χ1) is 16.7. The molecule has 0 bridgehead atoms. The van der Waals surface area contributed by atoms with Gasteiger partial charge in [-0.05, 0) is 54.2 Å². The maximum Gasteiger partial charge on any atom is 0.263 e. The van der Waals surface area contributed by atoms with E-state index in [0.717, 1.165) is 23.9 Å². The van der Waals surface area contributed by atoms with E-state index in [-0.39, 0.29) is 23.2 Å². The smallest absolute Gasteiger partial charge is 0.263 e. The molecule has 0 unspecified atom stereocenters. The number of sulfone groups is 1. The number of anilines is 1. The van der Waals surface area contributed by atoms with Gasteiger partial charge in [-0.25, -0.2) is 13.4 Å². The second kappa shape index (κ2) is 11.6. The lowest BCUT2D eigenvalue weighted by Gasteiger charge is -2.25. The molecule has 0 N–H and O–H groups in total. The van der Waals surface area contributed by atoms with Crippen molar-refractivity contribution >= 4 is 65.6 Å². The van der Waals surface area contributed by atoms with E-state index in [9.17, 15) is 13.2 Å². The summed E-state index contributed by atoms with van der Waals surface area (Å²) in [6.45, 7) is 7.04. The van der Waals surface area contributed by atoms with Gasteiger partial charge in [-0.3, -0.25) is 9.69 Å². The number of methoxy groups -OCH3 is 1. The number of thiazole rings is 1. The van der Waals surface area contributed by atoms with Crippen LogP contribution < -0.4 is 9.64 Å². The van der Waals surface area contributed by atoms with Crippen molar-refractivity contribution in [3.05, 3.63) is 60.2 Å². The van der Waals surface area contributed by atoms with E-state index in [1.165, 1.54) is 17.6 Å². The fourth-order valence-corrected chi connectivity index (χ4v) is 5.76. The van der Waals surface area contributed by atoms with Crippen LogP contribution >= 0.6 is 23.7 Å². The van der Waals surface area contributed by atoms with E-state index < -0.39 is 9.84 Å². The first kappa shape index (κ1) is 27.9. The number of rotatable bonds is 9. The van der Waals surface area contributed by atoms with Crippen LogP contribution in [0.4, 0.5) is 5.13 Å². The Morgan fingerprint density at radius 2 is 1.67 bits per heavy atom. The van der Waals surface area contributed by atoms with E-state index in [0.29, 0.717) is 39.8 Å². The molecular weight excluding hydrogens is 518 g/mol. The summed E-state index contributed by atoms with van der Waals surface area (Å²) < 4.78 is 30.4. The van der Waals surface area contributed by atoms with Crippen molar-refractivity contribution < 1.29 is 17.9 Å². The third-order valence-electron chi connectivity index (χ3n) is 6.09. The van der Waals surface area contributed by atoms with Crippen LogP contribution in [0.25, 0.3) is 21.0 Å². The van der Waals surface area contributed by atoms with Crippen LogP contribution in [0, 0.1) is 0 Å². The van der Waals surface area contributed by atoms with Crippen molar-refractivity contribution in [2.24, 2.45) is 0 Å². The number of halogens is 1. The molecule has 4 rings (SSSR count). The largest absolute Gasteiger partial charge is 0.496 e. The molecule has 0 saturated heterocycles. The number of ether oxygens (including phenoxy) is 1. The highest BCUT2D eigenvalue weighted by atomic mass is 35.5. The molecule has 1 amide bonds. The number of nitrogens with zero attached hydrogens (tertiary/aromatic N) is 3. The maximum atomic E-state index is 14.0. The summed E-state index contributed by atoms with van der Waals surface area (Å²) in [5.41, 5.74) is 1.12. The number of carbonyl (C=O) groups excluding carboxylic acids is 1. The average Bonchev–Trinajstić information content (AvgIpc) is 3.28. The van der Waals surface area contributed by atoms with Crippen LogP contribution in [0.15, 0.2) is 59.5 Å². The molecule has 192 valence electrons. The summed E-state index contributed by atoms with van der Waals surface area (Å²) in [7, 11) is -1.79. The molecule has 7 nitrogen and oxygen atoms in total. The van der Waals surface area contributed by atoms with Gasteiger partial charge in [0.2, 0.25) is 0 Å².